The van der Waals surface area contributed by atoms with Crippen LogP contribution in [0.4, 0.5) is 22.7 Å². The molecule has 2 aliphatic rings. The Morgan fingerprint density at radius 2 is 1.22 bits per heavy atom. The number of hydrogen-bond donors (Lipinski definition) is 0. The quantitative estimate of drug-likeness (QED) is 0.149. The van der Waals surface area contributed by atoms with Gasteiger partial charge in [0.05, 0.1) is 9.60 Å². The first-order chi connectivity index (χ1) is 39.1. The minimum absolute atomic E-state index is 0. The van der Waals surface area contributed by atoms with E-state index >= 15 is 0 Å². The van der Waals surface area contributed by atoms with Crippen molar-refractivity contribution in [2.45, 2.75) is 156 Å². The average Bonchev–Trinajstić information content (AvgIpc) is 1.68. The van der Waals surface area contributed by atoms with Crippen molar-refractivity contribution in [3.05, 3.63) is 198 Å². The Morgan fingerprint density at radius 1 is 0.577 bits per heavy atom. The molecule has 0 atom stereocenters. The molecule has 0 spiro atoms. The van der Waals surface area contributed by atoms with Gasteiger partial charge >= 0.3 is 0 Å². The van der Waals surface area contributed by atoms with Crippen molar-refractivity contribution in [2.75, 3.05) is 9.80 Å². The minimum atomic E-state index is -0.411. The molecule has 0 bridgehead atoms. The summed E-state index contributed by atoms with van der Waals surface area (Å²) in [5, 5.41) is 0.955. The van der Waals surface area contributed by atoms with Gasteiger partial charge in [-0.15, -0.1) is 48.1 Å². The van der Waals surface area contributed by atoms with E-state index in [1.807, 2.05) is 48.5 Å². The van der Waals surface area contributed by atoms with E-state index in [1.165, 1.54) is 11.1 Å². The predicted octanol–water partition coefficient (Wildman–Crippen LogP) is 19.9. The Morgan fingerprint density at radius 3 is 1.91 bits per heavy atom. The van der Waals surface area contributed by atoms with E-state index < -0.39 is 5.41 Å². The zero-order valence-corrected chi connectivity index (χ0v) is 50.6. The average molecular weight is 1220 g/mol. The summed E-state index contributed by atoms with van der Waals surface area (Å²) in [6.45, 7) is 37.3. The summed E-state index contributed by atoms with van der Waals surface area (Å²) < 4.78 is 74.6. The molecule has 11 rings (SSSR count). The van der Waals surface area contributed by atoms with Gasteiger partial charge in [-0.05, 0) is 138 Å². The second-order valence-electron chi connectivity index (χ2n) is 26.8. The summed E-state index contributed by atoms with van der Waals surface area (Å²) >= 11 is 0. The van der Waals surface area contributed by atoms with E-state index in [1.54, 1.807) is 16.8 Å². The van der Waals surface area contributed by atoms with Crippen LogP contribution in [-0.4, -0.2) is 9.55 Å². The molecule has 0 N–H and O–H groups in total. The molecule has 0 saturated carbocycles. The summed E-state index contributed by atoms with van der Waals surface area (Å²) in [4.78, 5) is 9.07. The third kappa shape index (κ3) is 9.92. The summed E-state index contributed by atoms with van der Waals surface area (Å²) in [6, 6.07) is 39.5. The first-order valence-electron chi connectivity index (χ1n) is 30.8. The van der Waals surface area contributed by atoms with Gasteiger partial charge in [0.2, 0.25) is 0 Å². The normalized spacial score (nSPS) is 16.6. The topological polar surface area (TPSA) is 33.5 Å². The van der Waals surface area contributed by atoms with Crippen LogP contribution in [-0.2, 0) is 53.6 Å². The number of nitrogens with zero attached hydrogens (tertiary/aromatic N) is 4. The molecular weight excluding hydrogens is 1130 g/mol. The SMILES string of the molecule is [2H]c1c([2H])c2c(c([2H])c1-c1cc(C(C)(C)C)cc(-c3ccc(C(C)(C)C)cc3C(C)(C)C)c1N1[CH-]N(c3[c-]c(Oc4[c-]c5c(cc4)c4c([2H])c([2H])c([2H])c([2H])c4n5-c4cc(C(C)(C)C)ccn4)ccc3)c3ccccc31)C(C)(C)CCC2(C)C.[Pt]. The molecule has 2 aromatic heterocycles. The molecule has 404 valence electrons. The van der Waals surface area contributed by atoms with Crippen molar-refractivity contribution >= 4 is 44.6 Å². The third-order valence-corrected chi connectivity index (χ3v) is 16.0. The largest absolute Gasteiger partial charge is 0.509 e. The maximum Gasteiger partial charge on any atom is 0.135 e. The van der Waals surface area contributed by atoms with E-state index in [2.05, 4.69) is 182 Å². The Balaban J connectivity index is 0.00000803. The molecule has 0 saturated heterocycles. The Labute approximate surface area is 490 Å². The van der Waals surface area contributed by atoms with Crippen LogP contribution < -0.4 is 14.5 Å². The molecule has 6 heteroatoms. The molecule has 9 aromatic rings. The van der Waals surface area contributed by atoms with Crippen molar-refractivity contribution in [3.8, 4) is 39.6 Å². The van der Waals surface area contributed by atoms with Gasteiger partial charge in [-0.3, -0.25) is 0 Å². The molecule has 0 fully saturated rings. The van der Waals surface area contributed by atoms with Crippen LogP contribution in [0.15, 0.2) is 146 Å². The van der Waals surface area contributed by atoms with Gasteiger partial charge in [-0.25, -0.2) is 4.98 Å². The number of pyridine rings is 1. The van der Waals surface area contributed by atoms with Crippen LogP contribution in [0.5, 0.6) is 11.5 Å². The summed E-state index contributed by atoms with van der Waals surface area (Å²) in [7, 11) is 0. The number of benzene rings is 7. The molecule has 5 nitrogen and oxygen atoms in total. The van der Waals surface area contributed by atoms with E-state index in [4.69, 9.17) is 15.2 Å². The minimum Gasteiger partial charge on any atom is -0.509 e. The van der Waals surface area contributed by atoms with Crippen LogP contribution in [0.2, 0.25) is 0 Å². The number of ether oxygens (including phenoxy) is 1. The Kier molecular flexibility index (Phi) is 11.6. The fraction of sp³-hybridized carbons (Fsp3) is 0.333. The summed E-state index contributed by atoms with van der Waals surface area (Å²) in [5.74, 6) is 1.24. The van der Waals surface area contributed by atoms with Crippen LogP contribution >= 0.6 is 0 Å². The molecule has 0 unspecified atom stereocenters. The molecular formula is C72H77N4OPt-3. The van der Waals surface area contributed by atoms with Crippen molar-refractivity contribution in [1.82, 2.24) is 9.55 Å². The Bertz CT molecular complexity index is 4190. The van der Waals surface area contributed by atoms with Crippen molar-refractivity contribution < 1.29 is 35.4 Å². The fourth-order valence-corrected chi connectivity index (χ4v) is 11.2. The molecule has 0 radical (unpaired) electrons. The van der Waals surface area contributed by atoms with E-state index in [0.29, 0.717) is 62.0 Å². The molecule has 0 amide bonds. The van der Waals surface area contributed by atoms with Gasteiger partial charge in [-0.1, -0.05) is 183 Å². The van der Waals surface area contributed by atoms with Gasteiger partial charge in [0, 0.05) is 72.5 Å². The Hall–Kier alpha value is -6.42. The van der Waals surface area contributed by atoms with E-state index in [-0.39, 0.29) is 84.4 Å². The second-order valence-corrected chi connectivity index (χ2v) is 26.8. The monoisotopic (exact) mass is 1220 g/mol. The number of rotatable bonds is 7. The zero-order chi connectivity index (χ0) is 60.9. The van der Waals surface area contributed by atoms with Crippen LogP contribution in [0, 0.1) is 18.8 Å². The van der Waals surface area contributed by atoms with Gasteiger partial charge in [-0.2, -0.15) is 12.1 Å². The number of fused-ring (bicyclic) bond motifs is 5. The molecule has 1 aliphatic heterocycles. The summed E-state index contributed by atoms with van der Waals surface area (Å²) in [5.41, 5.74) is 11.5. The third-order valence-electron chi connectivity index (χ3n) is 16.0. The van der Waals surface area contributed by atoms with Crippen LogP contribution in [0.1, 0.15) is 167 Å². The standard InChI is InChI=1S/C72H77N4O.Pt/c1-67(2,3)47-29-31-53(59(41-47)70(10,11)12)57-40-49(69(7,8)9)39-56(46-28-33-58-60(38-46)72(15,16)36-35-71(58,13)14)66(57)75-45-74(62-26-19-20-27-63(62)75)50-22-21-23-51(43-50)77-52-30-32-55-54-24-17-18-25-61(54)76(64(55)44-52)65-42-48(34-37-73-65)68(4,5)6;/h17-34,37-42,45H,35-36H2,1-16H3;/q-3;/i17D,18D,24D,25D,28D,33D,38D;. The van der Waals surface area contributed by atoms with Gasteiger partial charge in [0.1, 0.15) is 5.82 Å². The van der Waals surface area contributed by atoms with Gasteiger partial charge < -0.3 is 19.1 Å². The molecule has 7 aromatic carbocycles. The first-order valence-corrected chi connectivity index (χ1v) is 27.3. The first kappa shape index (κ1) is 46.5. The van der Waals surface area contributed by atoms with Crippen LogP contribution in [0.25, 0.3) is 49.9 Å². The van der Waals surface area contributed by atoms with Crippen molar-refractivity contribution in [2.24, 2.45) is 0 Å². The number of para-hydroxylation sites is 3. The van der Waals surface area contributed by atoms with Crippen LogP contribution in [0.3, 0.4) is 0 Å². The zero-order valence-electron chi connectivity index (χ0n) is 55.3. The van der Waals surface area contributed by atoms with Crippen molar-refractivity contribution in [1.29, 1.82) is 0 Å². The second kappa shape index (κ2) is 19.4. The van der Waals surface area contributed by atoms with E-state index in [0.717, 1.165) is 63.3 Å². The number of aromatic nitrogens is 2. The molecule has 3 heterocycles. The van der Waals surface area contributed by atoms with Gasteiger partial charge in [0.25, 0.3) is 0 Å². The maximum atomic E-state index is 10.5. The van der Waals surface area contributed by atoms with Crippen molar-refractivity contribution in [3.63, 3.8) is 0 Å². The number of hydrogen-bond acceptors (Lipinski definition) is 4. The molecule has 1 aliphatic carbocycles. The van der Waals surface area contributed by atoms with E-state index in [9.17, 15) is 4.11 Å². The van der Waals surface area contributed by atoms with Gasteiger partial charge in [0.15, 0.2) is 0 Å². The smallest absolute Gasteiger partial charge is 0.135 e. The fourth-order valence-electron chi connectivity index (χ4n) is 11.2. The molecule has 78 heavy (non-hydrogen) atoms. The predicted molar refractivity (Wildman–Crippen MR) is 325 cm³/mol. The number of anilines is 4. The summed E-state index contributed by atoms with van der Waals surface area (Å²) in [6.07, 6.45) is 3.44. The maximum absolute atomic E-state index is 10.5.